The Morgan fingerprint density at radius 3 is 2.50 bits per heavy atom. The Balaban J connectivity index is 1.94. The van der Waals surface area contributed by atoms with Crippen molar-refractivity contribution in [3.05, 3.63) is 41.0 Å². The molecule has 0 saturated heterocycles. The molecule has 0 radical (unpaired) electrons. The molecule has 7 heteroatoms. The summed E-state index contributed by atoms with van der Waals surface area (Å²) in [5.74, 6) is 1.38. The predicted octanol–water partition coefficient (Wildman–Crippen LogP) is 5.08. The molecule has 146 valence electrons. The number of aromatic nitrogens is 6. The van der Waals surface area contributed by atoms with E-state index < -0.39 is 0 Å². The minimum atomic E-state index is 0.498. The molecule has 6 nitrogen and oxygen atoms in total. The van der Waals surface area contributed by atoms with Crippen molar-refractivity contribution in [2.24, 2.45) is 7.05 Å². The van der Waals surface area contributed by atoms with E-state index >= 15 is 0 Å². The van der Waals surface area contributed by atoms with Gasteiger partial charge in [0.25, 0.3) is 0 Å². The van der Waals surface area contributed by atoms with Crippen molar-refractivity contribution in [3.8, 4) is 21.3 Å². The fourth-order valence-electron chi connectivity index (χ4n) is 3.91. The fourth-order valence-corrected chi connectivity index (χ4v) is 5.20. The van der Waals surface area contributed by atoms with E-state index in [1.165, 1.54) is 16.0 Å². The Kier molecular flexibility index (Phi) is 4.79. The summed E-state index contributed by atoms with van der Waals surface area (Å²) in [5.41, 5.74) is 6.62. The molecule has 4 aromatic heterocycles. The number of aryl methyl sites for hydroxylation is 4. The summed E-state index contributed by atoms with van der Waals surface area (Å²) in [6.45, 7) is 10.8. The van der Waals surface area contributed by atoms with E-state index in [0.29, 0.717) is 5.92 Å². The molecule has 0 aliphatic carbocycles. The molecule has 0 saturated carbocycles. The zero-order chi connectivity index (χ0) is 20.0. The van der Waals surface area contributed by atoms with Crippen LogP contribution in [0.15, 0.2) is 18.5 Å². The largest absolute Gasteiger partial charge is 0.248 e. The highest BCUT2D eigenvalue weighted by Crippen LogP contribution is 2.39. The molecule has 0 aliphatic heterocycles. The topological polar surface area (TPSA) is 60.9 Å². The smallest absolute Gasteiger partial charge is 0.167 e. The molecule has 28 heavy (non-hydrogen) atoms. The molecule has 4 heterocycles. The minimum absolute atomic E-state index is 0.498. The average Bonchev–Trinajstić information content (AvgIpc) is 3.32. The molecule has 0 aromatic carbocycles. The van der Waals surface area contributed by atoms with Crippen molar-refractivity contribution in [3.63, 3.8) is 0 Å². The van der Waals surface area contributed by atoms with Gasteiger partial charge >= 0.3 is 0 Å². The molecule has 0 aliphatic rings. The van der Waals surface area contributed by atoms with Gasteiger partial charge in [-0.15, -0.1) is 11.3 Å². The van der Waals surface area contributed by atoms with E-state index in [2.05, 4.69) is 61.3 Å². The van der Waals surface area contributed by atoms with Crippen molar-refractivity contribution >= 4 is 17.0 Å². The van der Waals surface area contributed by atoms with Crippen molar-refractivity contribution < 1.29 is 0 Å². The highest BCUT2D eigenvalue weighted by Gasteiger charge is 2.22. The van der Waals surface area contributed by atoms with Gasteiger partial charge in [-0.05, 0) is 57.2 Å². The lowest BCUT2D eigenvalue weighted by Crippen LogP contribution is -2.05. The highest BCUT2D eigenvalue weighted by molar-refractivity contribution is 7.19. The lowest BCUT2D eigenvalue weighted by Gasteiger charge is -2.14. The third kappa shape index (κ3) is 2.94. The first-order valence-electron chi connectivity index (χ1n) is 9.76. The molecule has 0 amide bonds. The summed E-state index contributed by atoms with van der Waals surface area (Å²) in [4.78, 5) is 11.7. The maximum atomic E-state index is 4.95. The van der Waals surface area contributed by atoms with Crippen LogP contribution in [-0.4, -0.2) is 29.4 Å². The number of thiophene rings is 1. The van der Waals surface area contributed by atoms with Crippen molar-refractivity contribution in [2.75, 3.05) is 0 Å². The number of fused-ring (bicyclic) bond motifs is 1. The summed E-state index contributed by atoms with van der Waals surface area (Å²) in [7, 11) is 1.92. The highest BCUT2D eigenvalue weighted by atomic mass is 32.1. The summed E-state index contributed by atoms with van der Waals surface area (Å²) >= 11 is 1.73. The Morgan fingerprint density at radius 2 is 1.86 bits per heavy atom. The van der Waals surface area contributed by atoms with E-state index in [-0.39, 0.29) is 0 Å². The summed E-state index contributed by atoms with van der Waals surface area (Å²) in [6.07, 6.45) is 3.80. The minimum Gasteiger partial charge on any atom is -0.248 e. The maximum absolute atomic E-state index is 4.95. The van der Waals surface area contributed by atoms with Crippen LogP contribution in [0.1, 0.15) is 55.1 Å². The van der Waals surface area contributed by atoms with Crippen LogP contribution in [0.2, 0.25) is 0 Å². The van der Waals surface area contributed by atoms with Crippen LogP contribution < -0.4 is 0 Å². The molecule has 0 bridgehead atoms. The van der Waals surface area contributed by atoms with Gasteiger partial charge in [0.2, 0.25) is 0 Å². The standard InChI is InChI=1S/C21H26N6S/c1-7-15(8-2)16-10-13(4)25-27-18(14(5)24-20(16)27)19-12(3)9-17(28-19)21-22-11-23-26(21)6/h9-11,15H,7-8H2,1-6H3. The third-order valence-corrected chi connectivity index (χ3v) is 6.64. The molecular formula is C21H26N6S. The Hall–Kier alpha value is -2.54. The van der Waals surface area contributed by atoms with Crippen molar-refractivity contribution in [1.29, 1.82) is 0 Å². The van der Waals surface area contributed by atoms with Gasteiger partial charge < -0.3 is 0 Å². The predicted molar refractivity (Wildman–Crippen MR) is 114 cm³/mol. The molecular weight excluding hydrogens is 368 g/mol. The first-order valence-corrected chi connectivity index (χ1v) is 10.6. The first-order chi connectivity index (χ1) is 13.4. The van der Waals surface area contributed by atoms with Gasteiger partial charge in [-0.3, -0.25) is 0 Å². The monoisotopic (exact) mass is 394 g/mol. The third-order valence-electron chi connectivity index (χ3n) is 5.40. The van der Waals surface area contributed by atoms with E-state index in [9.17, 15) is 0 Å². The summed E-state index contributed by atoms with van der Waals surface area (Å²) in [6, 6.07) is 4.38. The van der Waals surface area contributed by atoms with Gasteiger partial charge in [-0.2, -0.15) is 10.2 Å². The van der Waals surface area contributed by atoms with Crippen LogP contribution in [0.25, 0.3) is 26.9 Å². The quantitative estimate of drug-likeness (QED) is 0.473. The number of hydrogen-bond acceptors (Lipinski definition) is 5. The first kappa shape index (κ1) is 18.8. The maximum Gasteiger partial charge on any atom is 0.167 e. The van der Waals surface area contributed by atoms with Gasteiger partial charge in [0.15, 0.2) is 11.5 Å². The van der Waals surface area contributed by atoms with E-state index in [1.807, 2.05) is 11.7 Å². The summed E-state index contributed by atoms with van der Waals surface area (Å²) < 4.78 is 3.86. The second kappa shape index (κ2) is 7.13. The molecule has 0 fully saturated rings. The van der Waals surface area contributed by atoms with Gasteiger partial charge in [0, 0.05) is 12.6 Å². The van der Waals surface area contributed by atoms with Gasteiger partial charge in [0.1, 0.15) is 12.0 Å². The lowest BCUT2D eigenvalue weighted by atomic mass is 9.95. The van der Waals surface area contributed by atoms with E-state index in [4.69, 9.17) is 10.1 Å². The normalized spacial score (nSPS) is 11.8. The fraction of sp³-hybridized carbons (Fsp3) is 0.429. The van der Waals surface area contributed by atoms with Crippen LogP contribution in [0.3, 0.4) is 0 Å². The molecule has 0 unspecified atom stereocenters. The van der Waals surface area contributed by atoms with Crippen molar-refractivity contribution in [2.45, 2.75) is 53.4 Å². The van der Waals surface area contributed by atoms with Crippen LogP contribution in [-0.2, 0) is 7.05 Å². The SMILES string of the molecule is CCC(CC)c1cc(C)nn2c(-c3sc(-c4ncnn4C)cc3C)c(C)nc12. The van der Waals surface area contributed by atoms with Gasteiger partial charge in [-0.1, -0.05) is 13.8 Å². The Morgan fingerprint density at radius 1 is 1.11 bits per heavy atom. The van der Waals surface area contributed by atoms with Gasteiger partial charge in [-0.25, -0.2) is 19.2 Å². The number of rotatable bonds is 5. The molecule has 4 aromatic rings. The number of nitrogens with zero attached hydrogens (tertiary/aromatic N) is 6. The zero-order valence-electron chi connectivity index (χ0n) is 17.3. The lowest BCUT2D eigenvalue weighted by molar-refractivity contribution is 0.638. The number of hydrogen-bond donors (Lipinski definition) is 0. The van der Waals surface area contributed by atoms with Crippen LogP contribution in [0.5, 0.6) is 0 Å². The van der Waals surface area contributed by atoms with E-state index in [1.54, 1.807) is 17.7 Å². The second-order valence-electron chi connectivity index (χ2n) is 7.37. The number of imidazole rings is 1. The summed E-state index contributed by atoms with van der Waals surface area (Å²) in [5, 5.41) is 9.05. The van der Waals surface area contributed by atoms with Crippen LogP contribution in [0.4, 0.5) is 0 Å². The Labute approximate surface area is 169 Å². The Bertz CT molecular complexity index is 1150. The molecule has 4 rings (SSSR count). The van der Waals surface area contributed by atoms with Crippen molar-refractivity contribution in [1.82, 2.24) is 29.4 Å². The molecule has 0 atom stereocenters. The second-order valence-corrected chi connectivity index (χ2v) is 8.42. The molecule has 0 spiro atoms. The average molecular weight is 395 g/mol. The van der Waals surface area contributed by atoms with Gasteiger partial charge in [0.05, 0.1) is 21.1 Å². The molecule has 0 N–H and O–H groups in total. The van der Waals surface area contributed by atoms with Crippen LogP contribution >= 0.6 is 11.3 Å². The zero-order valence-corrected chi connectivity index (χ0v) is 18.1. The van der Waals surface area contributed by atoms with E-state index in [0.717, 1.165) is 46.3 Å². The van der Waals surface area contributed by atoms with Crippen LogP contribution in [0, 0.1) is 20.8 Å².